The van der Waals surface area contributed by atoms with Gasteiger partial charge in [-0.05, 0) is 30.7 Å². The van der Waals surface area contributed by atoms with E-state index in [4.69, 9.17) is 0 Å². The molecule has 5 heteroatoms. The van der Waals surface area contributed by atoms with E-state index in [-0.39, 0.29) is 24.0 Å². The van der Waals surface area contributed by atoms with E-state index in [1.54, 1.807) is 12.1 Å². The Morgan fingerprint density at radius 1 is 0.875 bits per heavy atom. The molecule has 24 heavy (non-hydrogen) atoms. The van der Waals surface area contributed by atoms with Gasteiger partial charge in [0.15, 0.2) is 0 Å². The molecule has 0 spiro atoms. The molecule has 0 atom stereocenters. The monoisotopic (exact) mass is 334 g/mol. The summed E-state index contributed by atoms with van der Waals surface area (Å²) < 4.78 is 0. The Morgan fingerprint density at radius 3 is 2.08 bits per heavy atom. The molecular formula is C19H30N2O3. The largest absolute Gasteiger partial charge is 0.508 e. The first-order valence-corrected chi connectivity index (χ1v) is 8.97. The molecule has 0 aliphatic carbocycles. The first-order chi connectivity index (χ1) is 11.6. The van der Waals surface area contributed by atoms with E-state index >= 15 is 0 Å². The number of phenols is 1. The zero-order chi connectivity index (χ0) is 17.6. The van der Waals surface area contributed by atoms with Gasteiger partial charge in [-0.2, -0.15) is 0 Å². The molecule has 0 heterocycles. The summed E-state index contributed by atoms with van der Waals surface area (Å²) in [4.78, 5) is 23.4. The third-order valence-electron chi connectivity index (χ3n) is 3.82. The lowest BCUT2D eigenvalue weighted by molar-refractivity contribution is -0.126. The number of unbranched alkanes of at least 4 members (excludes halogenated alkanes) is 7. The number of carbonyl (C=O) groups is 2. The molecule has 0 fully saturated rings. The average molecular weight is 334 g/mol. The highest BCUT2D eigenvalue weighted by Crippen LogP contribution is 2.13. The number of hydrogen-bond acceptors (Lipinski definition) is 3. The molecule has 0 aliphatic rings. The van der Waals surface area contributed by atoms with Gasteiger partial charge in [0.2, 0.25) is 11.8 Å². The summed E-state index contributed by atoms with van der Waals surface area (Å²) in [6, 6.07) is 6.15. The van der Waals surface area contributed by atoms with Crippen LogP contribution in [0.15, 0.2) is 24.3 Å². The summed E-state index contributed by atoms with van der Waals surface area (Å²) in [7, 11) is 0. The van der Waals surface area contributed by atoms with Crippen molar-refractivity contribution in [2.24, 2.45) is 0 Å². The topological polar surface area (TPSA) is 78.4 Å². The third kappa shape index (κ3) is 9.87. The van der Waals surface area contributed by atoms with Gasteiger partial charge in [-0.15, -0.1) is 0 Å². The Labute approximate surface area is 144 Å². The number of anilines is 1. The molecule has 0 saturated heterocycles. The molecule has 3 N–H and O–H groups in total. The molecule has 0 aliphatic heterocycles. The standard InChI is InChI=1S/C19H30N2O3/c1-2-3-4-5-6-7-8-9-14-20-18(23)15-19(24)21-16-10-12-17(22)13-11-16/h10-13,22H,2-9,14-15H2,1H3,(H,20,23)(H,21,24). The van der Waals surface area contributed by atoms with Crippen molar-refractivity contribution in [3.8, 4) is 5.75 Å². The Balaban J connectivity index is 2.03. The molecule has 0 bridgehead atoms. The van der Waals surface area contributed by atoms with Gasteiger partial charge in [0.05, 0.1) is 0 Å². The second-order valence-corrected chi connectivity index (χ2v) is 6.10. The predicted molar refractivity (Wildman–Crippen MR) is 97.0 cm³/mol. The van der Waals surface area contributed by atoms with Crippen LogP contribution in [0, 0.1) is 0 Å². The summed E-state index contributed by atoms with van der Waals surface area (Å²) in [6.07, 6.45) is 9.59. The van der Waals surface area contributed by atoms with Crippen molar-refractivity contribution in [1.29, 1.82) is 0 Å². The number of hydrogen-bond donors (Lipinski definition) is 3. The Morgan fingerprint density at radius 2 is 1.46 bits per heavy atom. The lowest BCUT2D eigenvalue weighted by Crippen LogP contribution is -2.28. The summed E-state index contributed by atoms with van der Waals surface area (Å²) in [6.45, 7) is 2.84. The van der Waals surface area contributed by atoms with Gasteiger partial charge in [0, 0.05) is 12.2 Å². The first kappa shape index (κ1) is 20.0. The van der Waals surface area contributed by atoms with Gasteiger partial charge in [-0.3, -0.25) is 9.59 Å². The van der Waals surface area contributed by atoms with Crippen molar-refractivity contribution in [3.05, 3.63) is 24.3 Å². The van der Waals surface area contributed by atoms with Gasteiger partial charge in [-0.25, -0.2) is 0 Å². The van der Waals surface area contributed by atoms with E-state index in [0.717, 1.165) is 12.8 Å². The minimum Gasteiger partial charge on any atom is -0.508 e. The van der Waals surface area contributed by atoms with Crippen LogP contribution in [0.2, 0.25) is 0 Å². The summed E-state index contributed by atoms with van der Waals surface area (Å²) in [5.74, 6) is -0.473. The third-order valence-corrected chi connectivity index (χ3v) is 3.82. The van der Waals surface area contributed by atoms with Gasteiger partial charge in [0.25, 0.3) is 0 Å². The zero-order valence-electron chi connectivity index (χ0n) is 14.6. The highest BCUT2D eigenvalue weighted by molar-refractivity contribution is 6.03. The summed E-state index contributed by atoms with van der Waals surface area (Å²) >= 11 is 0. The summed E-state index contributed by atoms with van der Waals surface area (Å²) in [5, 5.41) is 14.6. The lowest BCUT2D eigenvalue weighted by Gasteiger charge is -2.07. The fraction of sp³-hybridized carbons (Fsp3) is 0.579. The van der Waals surface area contributed by atoms with Gasteiger partial charge < -0.3 is 15.7 Å². The van der Waals surface area contributed by atoms with Crippen LogP contribution >= 0.6 is 0 Å². The lowest BCUT2D eigenvalue weighted by atomic mass is 10.1. The molecule has 134 valence electrons. The van der Waals surface area contributed by atoms with Crippen LogP contribution in [-0.2, 0) is 9.59 Å². The van der Waals surface area contributed by atoms with E-state index in [1.807, 2.05) is 0 Å². The van der Waals surface area contributed by atoms with Crippen LogP contribution < -0.4 is 10.6 Å². The fourth-order valence-electron chi connectivity index (χ4n) is 2.44. The predicted octanol–water partition coefficient (Wildman–Crippen LogP) is 3.98. The van der Waals surface area contributed by atoms with Crippen LogP contribution in [0.25, 0.3) is 0 Å². The molecule has 0 saturated carbocycles. The Kier molecular flexibility index (Phi) is 10.3. The van der Waals surface area contributed by atoms with Crippen molar-refractivity contribution >= 4 is 17.5 Å². The minimum absolute atomic E-state index is 0.135. The second kappa shape index (κ2) is 12.4. The number of phenolic OH excluding ortho intramolecular Hbond substituents is 1. The molecule has 1 rings (SSSR count). The molecule has 0 aromatic heterocycles. The molecule has 0 radical (unpaired) electrons. The zero-order valence-corrected chi connectivity index (χ0v) is 14.6. The average Bonchev–Trinajstić information content (AvgIpc) is 2.55. The van der Waals surface area contributed by atoms with Crippen LogP contribution in [0.3, 0.4) is 0 Å². The van der Waals surface area contributed by atoms with Crippen molar-refractivity contribution in [2.45, 2.75) is 64.7 Å². The highest BCUT2D eigenvalue weighted by Gasteiger charge is 2.09. The van der Waals surface area contributed by atoms with Crippen LogP contribution in [0.1, 0.15) is 64.7 Å². The van der Waals surface area contributed by atoms with Gasteiger partial charge in [0.1, 0.15) is 12.2 Å². The quantitative estimate of drug-likeness (QED) is 0.307. The van der Waals surface area contributed by atoms with Crippen LogP contribution in [-0.4, -0.2) is 23.5 Å². The van der Waals surface area contributed by atoms with Crippen LogP contribution in [0.4, 0.5) is 5.69 Å². The van der Waals surface area contributed by atoms with Crippen molar-refractivity contribution < 1.29 is 14.7 Å². The fourth-order valence-corrected chi connectivity index (χ4v) is 2.44. The highest BCUT2D eigenvalue weighted by atomic mass is 16.3. The minimum atomic E-state index is -0.353. The van der Waals surface area contributed by atoms with E-state index < -0.39 is 0 Å². The molecular weight excluding hydrogens is 304 g/mol. The van der Waals surface area contributed by atoms with Gasteiger partial charge in [-0.1, -0.05) is 51.9 Å². The first-order valence-electron chi connectivity index (χ1n) is 8.97. The molecule has 0 unspecified atom stereocenters. The number of nitrogens with one attached hydrogen (secondary N) is 2. The molecule has 2 amide bonds. The molecule has 1 aromatic carbocycles. The maximum atomic E-state index is 11.7. The molecule has 1 aromatic rings. The maximum Gasteiger partial charge on any atom is 0.233 e. The Hall–Kier alpha value is -2.04. The van der Waals surface area contributed by atoms with Gasteiger partial charge >= 0.3 is 0 Å². The second-order valence-electron chi connectivity index (χ2n) is 6.10. The van der Waals surface area contributed by atoms with E-state index in [9.17, 15) is 14.7 Å². The maximum absolute atomic E-state index is 11.7. The smallest absolute Gasteiger partial charge is 0.233 e. The normalized spacial score (nSPS) is 10.4. The SMILES string of the molecule is CCCCCCCCCCNC(=O)CC(=O)Nc1ccc(O)cc1. The van der Waals surface area contributed by atoms with Crippen molar-refractivity contribution in [3.63, 3.8) is 0 Å². The molecule has 5 nitrogen and oxygen atoms in total. The van der Waals surface area contributed by atoms with E-state index in [2.05, 4.69) is 17.6 Å². The number of benzene rings is 1. The number of aromatic hydroxyl groups is 1. The van der Waals surface area contributed by atoms with Crippen molar-refractivity contribution in [1.82, 2.24) is 5.32 Å². The van der Waals surface area contributed by atoms with Crippen LogP contribution in [0.5, 0.6) is 5.75 Å². The van der Waals surface area contributed by atoms with E-state index in [1.165, 1.54) is 50.7 Å². The summed E-state index contributed by atoms with van der Waals surface area (Å²) in [5.41, 5.74) is 0.564. The number of carbonyl (C=O) groups excluding carboxylic acids is 2. The number of rotatable bonds is 12. The number of amides is 2. The van der Waals surface area contributed by atoms with E-state index in [0.29, 0.717) is 12.2 Å². The van der Waals surface area contributed by atoms with Crippen molar-refractivity contribution in [2.75, 3.05) is 11.9 Å². The Bertz CT molecular complexity index is 486.